The molecule has 1 atom stereocenters. The minimum Gasteiger partial charge on any atom is -0.258 e. The van der Waals surface area contributed by atoms with Crippen molar-refractivity contribution in [3.05, 3.63) is 72.3 Å². The first-order valence-corrected chi connectivity index (χ1v) is 8.17. The molecule has 0 aliphatic rings. The van der Waals surface area contributed by atoms with Gasteiger partial charge < -0.3 is 0 Å². The number of hydrogen-bond donors (Lipinski definition) is 0. The van der Waals surface area contributed by atoms with Crippen LogP contribution in [-0.4, -0.2) is 4.92 Å². The fourth-order valence-corrected chi connectivity index (χ4v) is 2.97. The zero-order chi connectivity index (χ0) is 14.7. The van der Waals surface area contributed by atoms with Crippen LogP contribution in [0.2, 0.25) is 5.02 Å². The van der Waals surface area contributed by atoms with E-state index in [9.17, 15) is 10.1 Å². The van der Waals surface area contributed by atoms with Crippen LogP contribution in [0.1, 0.15) is 16.0 Å². The van der Waals surface area contributed by atoms with E-state index in [0.717, 1.165) is 26.1 Å². The molecular formula is C14H10BrClINO2. The van der Waals surface area contributed by atoms with E-state index in [0.29, 0.717) is 0 Å². The van der Waals surface area contributed by atoms with Gasteiger partial charge in [-0.05, 0) is 52.3 Å². The molecule has 2 aromatic rings. The van der Waals surface area contributed by atoms with E-state index in [1.807, 2.05) is 18.2 Å². The highest BCUT2D eigenvalue weighted by atomic mass is 127. The SMILES string of the molecule is O=[N+]([O-])c1ccc(CC(Br)c2ccc(I)c(Cl)c2)cc1. The van der Waals surface area contributed by atoms with Crippen molar-refractivity contribution in [3.63, 3.8) is 0 Å². The lowest BCUT2D eigenvalue weighted by Crippen LogP contribution is -1.96. The first-order chi connectivity index (χ1) is 9.47. The highest BCUT2D eigenvalue weighted by Crippen LogP contribution is 2.31. The molecule has 1 unspecified atom stereocenters. The Morgan fingerprint density at radius 1 is 1.25 bits per heavy atom. The molecule has 0 heterocycles. The van der Waals surface area contributed by atoms with E-state index < -0.39 is 4.92 Å². The standard InChI is InChI=1S/C14H10BrClINO2/c15-12(10-3-6-14(17)13(16)8-10)7-9-1-4-11(5-2-9)18(19)20/h1-6,8,12H,7H2. The third-order valence-corrected chi connectivity index (χ3v) is 5.29. The minimum absolute atomic E-state index is 0.109. The summed E-state index contributed by atoms with van der Waals surface area (Å²) in [4.78, 5) is 10.3. The lowest BCUT2D eigenvalue weighted by molar-refractivity contribution is -0.384. The smallest absolute Gasteiger partial charge is 0.258 e. The van der Waals surface area contributed by atoms with Crippen molar-refractivity contribution in [2.24, 2.45) is 0 Å². The van der Waals surface area contributed by atoms with Crippen molar-refractivity contribution in [3.8, 4) is 0 Å². The summed E-state index contributed by atoms with van der Waals surface area (Å²) in [6, 6.07) is 12.5. The molecule has 0 fully saturated rings. The Morgan fingerprint density at radius 3 is 2.45 bits per heavy atom. The van der Waals surface area contributed by atoms with Crippen molar-refractivity contribution in [2.45, 2.75) is 11.2 Å². The summed E-state index contributed by atoms with van der Waals surface area (Å²) in [5.74, 6) is 0. The maximum Gasteiger partial charge on any atom is 0.269 e. The fraction of sp³-hybridized carbons (Fsp3) is 0.143. The monoisotopic (exact) mass is 465 g/mol. The normalized spacial score (nSPS) is 12.2. The van der Waals surface area contributed by atoms with Crippen LogP contribution in [-0.2, 0) is 6.42 Å². The van der Waals surface area contributed by atoms with E-state index >= 15 is 0 Å². The van der Waals surface area contributed by atoms with Gasteiger partial charge in [0.25, 0.3) is 5.69 Å². The summed E-state index contributed by atoms with van der Waals surface area (Å²) in [7, 11) is 0. The van der Waals surface area contributed by atoms with Crippen LogP contribution in [0.4, 0.5) is 5.69 Å². The van der Waals surface area contributed by atoms with Crippen LogP contribution in [0, 0.1) is 13.7 Å². The number of benzene rings is 2. The maximum atomic E-state index is 10.6. The van der Waals surface area contributed by atoms with E-state index in [-0.39, 0.29) is 10.5 Å². The molecule has 0 saturated heterocycles. The molecule has 20 heavy (non-hydrogen) atoms. The predicted octanol–water partition coefficient (Wildman–Crippen LogP) is 5.53. The van der Waals surface area contributed by atoms with Crippen LogP contribution >= 0.6 is 50.1 Å². The van der Waals surface area contributed by atoms with E-state index in [4.69, 9.17) is 11.6 Å². The van der Waals surface area contributed by atoms with Crippen LogP contribution in [0.3, 0.4) is 0 Å². The number of non-ortho nitro benzene ring substituents is 1. The second-order valence-electron chi connectivity index (χ2n) is 4.27. The number of nitrogens with zero attached hydrogens (tertiary/aromatic N) is 1. The minimum atomic E-state index is -0.395. The molecule has 0 bridgehead atoms. The summed E-state index contributed by atoms with van der Waals surface area (Å²) in [6.07, 6.45) is 0.745. The molecule has 3 nitrogen and oxygen atoms in total. The van der Waals surface area contributed by atoms with Gasteiger partial charge in [0, 0.05) is 20.5 Å². The zero-order valence-electron chi connectivity index (χ0n) is 10.2. The Bertz CT molecular complexity index is 634. The van der Waals surface area contributed by atoms with Gasteiger partial charge in [-0.3, -0.25) is 10.1 Å². The molecule has 0 spiro atoms. The molecule has 6 heteroatoms. The van der Waals surface area contributed by atoms with Crippen molar-refractivity contribution in [1.29, 1.82) is 0 Å². The van der Waals surface area contributed by atoms with E-state index in [1.165, 1.54) is 12.1 Å². The van der Waals surface area contributed by atoms with Crippen LogP contribution < -0.4 is 0 Å². The largest absolute Gasteiger partial charge is 0.269 e. The highest BCUT2D eigenvalue weighted by Gasteiger charge is 2.11. The van der Waals surface area contributed by atoms with Gasteiger partial charge in [-0.1, -0.05) is 45.7 Å². The second-order valence-corrected chi connectivity index (χ2v) is 6.94. The Morgan fingerprint density at radius 2 is 1.90 bits per heavy atom. The van der Waals surface area contributed by atoms with Crippen molar-refractivity contribution in [2.75, 3.05) is 0 Å². The van der Waals surface area contributed by atoms with Gasteiger partial charge in [-0.15, -0.1) is 0 Å². The predicted molar refractivity (Wildman–Crippen MR) is 92.6 cm³/mol. The lowest BCUT2D eigenvalue weighted by atomic mass is 10.0. The third kappa shape index (κ3) is 3.93. The Balaban J connectivity index is 2.12. The van der Waals surface area contributed by atoms with Gasteiger partial charge in [-0.25, -0.2) is 0 Å². The maximum absolute atomic E-state index is 10.6. The van der Waals surface area contributed by atoms with E-state index in [1.54, 1.807) is 12.1 Å². The van der Waals surface area contributed by atoms with Crippen molar-refractivity contribution in [1.82, 2.24) is 0 Å². The first-order valence-electron chi connectivity index (χ1n) is 5.79. The van der Waals surface area contributed by atoms with Crippen LogP contribution in [0.5, 0.6) is 0 Å². The first kappa shape index (κ1) is 15.7. The van der Waals surface area contributed by atoms with Crippen LogP contribution in [0.25, 0.3) is 0 Å². The van der Waals surface area contributed by atoms with Gasteiger partial charge in [0.15, 0.2) is 0 Å². The molecule has 0 radical (unpaired) electrons. The zero-order valence-corrected chi connectivity index (χ0v) is 14.7. The number of alkyl halides is 1. The molecular weight excluding hydrogens is 456 g/mol. The van der Waals surface area contributed by atoms with Gasteiger partial charge in [0.1, 0.15) is 0 Å². The topological polar surface area (TPSA) is 43.1 Å². The molecule has 2 rings (SSSR count). The molecule has 0 N–H and O–H groups in total. The molecule has 2 aromatic carbocycles. The van der Waals surface area contributed by atoms with Gasteiger partial charge >= 0.3 is 0 Å². The van der Waals surface area contributed by atoms with Gasteiger partial charge in [0.05, 0.1) is 9.95 Å². The molecule has 0 saturated carbocycles. The average molecular weight is 466 g/mol. The summed E-state index contributed by atoms with van der Waals surface area (Å²) in [6.45, 7) is 0. The molecule has 0 aliphatic heterocycles. The van der Waals surface area contributed by atoms with Crippen molar-refractivity contribution < 1.29 is 4.92 Å². The Kier molecular flexibility index (Phi) is 5.40. The molecule has 0 aliphatic carbocycles. The summed E-state index contributed by atoms with van der Waals surface area (Å²) in [5.41, 5.74) is 2.23. The Labute approximate surface area is 143 Å². The number of nitro benzene ring substituents is 1. The van der Waals surface area contributed by atoms with Gasteiger partial charge in [-0.2, -0.15) is 0 Å². The lowest BCUT2D eigenvalue weighted by Gasteiger charge is -2.11. The average Bonchev–Trinajstić information content (AvgIpc) is 2.42. The van der Waals surface area contributed by atoms with Gasteiger partial charge in [0.2, 0.25) is 0 Å². The molecule has 0 aromatic heterocycles. The highest BCUT2D eigenvalue weighted by molar-refractivity contribution is 14.1. The van der Waals surface area contributed by atoms with Crippen molar-refractivity contribution >= 4 is 55.8 Å². The number of rotatable bonds is 4. The second kappa shape index (κ2) is 6.87. The summed E-state index contributed by atoms with van der Waals surface area (Å²) in [5, 5.41) is 11.3. The summed E-state index contributed by atoms with van der Waals surface area (Å²) < 4.78 is 1.02. The third-order valence-electron chi connectivity index (χ3n) is 2.87. The summed E-state index contributed by atoms with van der Waals surface area (Å²) >= 11 is 11.9. The number of nitro groups is 1. The molecule has 104 valence electrons. The van der Waals surface area contributed by atoms with Crippen LogP contribution in [0.15, 0.2) is 42.5 Å². The van der Waals surface area contributed by atoms with E-state index in [2.05, 4.69) is 38.5 Å². The fourth-order valence-electron chi connectivity index (χ4n) is 1.79. The Hall–Kier alpha value is -0.660. The molecule has 0 amide bonds. The number of halogens is 3. The number of hydrogen-bond acceptors (Lipinski definition) is 2. The quantitative estimate of drug-likeness (QED) is 0.257.